The average molecular weight is 401 g/mol. The maximum atomic E-state index is 13.5. The Bertz CT molecular complexity index is 844. The quantitative estimate of drug-likeness (QED) is 0.746. The number of rotatable bonds is 6. The molecule has 0 saturated carbocycles. The summed E-state index contributed by atoms with van der Waals surface area (Å²) in [7, 11) is 1.67. The minimum absolute atomic E-state index is 0.0555. The SMILES string of the molecule is CCC1CCCCN1C(=O)c1nn(CCN2CCOCC2)c2c(OC)cccc12. The minimum Gasteiger partial charge on any atom is -0.494 e. The van der Waals surface area contributed by atoms with E-state index in [0.717, 1.165) is 81.9 Å². The first kappa shape index (κ1) is 20.2. The van der Waals surface area contributed by atoms with E-state index in [-0.39, 0.29) is 5.91 Å². The largest absolute Gasteiger partial charge is 0.494 e. The number of aromatic nitrogens is 2. The van der Waals surface area contributed by atoms with Gasteiger partial charge in [-0.1, -0.05) is 19.1 Å². The zero-order chi connectivity index (χ0) is 20.2. The van der Waals surface area contributed by atoms with Gasteiger partial charge in [0.1, 0.15) is 11.3 Å². The van der Waals surface area contributed by atoms with Gasteiger partial charge in [-0.05, 0) is 31.7 Å². The van der Waals surface area contributed by atoms with Crippen LogP contribution in [-0.2, 0) is 11.3 Å². The Morgan fingerprint density at radius 1 is 1.21 bits per heavy atom. The van der Waals surface area contributed by atoms with Crippen molar-refractivity contribution in [3.63, 3.8) is 0 Å². The monoisotopic (exact) mass is 400 g/mol. The van der Waals surface area contributed by atoms with Gasteiger partial charge in [-0.15, -0.1) is 0 Å². The molecule has 1 unspecified atom stereocenters. The second kappa shape index (κ2) is 9.13. The Balaban J connectivity index is 1.66. The summed E-state index contributed by atoms with van der Waals surface area (Å²) < 4.78 is 13.0. The van der Waals surface area contributed by atoms with E-state index in [4.69, 9.17) is 14.6 Å². The summed E-state index contributed by atoms with van der Waals surface area (Å²) >= 11 is 0. The normalized spacial score (nSPS) is 20.9. The molecule has 3 heterocycles. The van der Waals surface area contributed by atoms with Crippen molar-refractivity contribution >= 4 is 16.8 Å². The Hall–Kier alpha value is -2.12. The van der Waals surface area contributed by atoms with E-state index in [1.54, 1.807) is 7.11 Å². The molecule has 1 aromatic carbocycles. The zero-order valence-corrected chi connectivity index (χ0v) is 17.6. The summed E-state index contributed by atoms with van der Waals surface area (Å²) in [4.78, 5) is 17.9. The lowest BCUT2D eigenvalue weighted by atomic mass is 9.99. The van der Waals surface area contributed by atoms with Crippen molar-refractivity contribution in [3.05, 3.63) is 23.9 Å². The lowest BCUT2D eigenvalue weighted by molar-refractivity contribution is 0.0361. The molecule has 1 aromatic heterocycles. The highest BCUT2D eigenvalue weighted by Gasteiger charge is 2.30. The Kier molecular flexibility index (Phi) is 6.35. The van der Waals surface area contributed by atoms with Crippen molar-refractivity contribution in [2.24, 2.45) is 0 Å². The second-order valence-corrected chi connectivity index (χ2v) is 7.94. The standard InChI is InChI=1S/C22H32N4O3/c1-3-17-7-4-5-10-25(17)22(27)20-18-8-6-9-19(28-2)21(18)26(23-20)12-11-24-13-15-29-16-14-24/h6,8-9,17H,3-5,7,10-16H2,1-2H3. The molecule has 2 fully saturated rings. The molecule has 0 spiro atoms. The number of amides is 1. The molecule has 1 atom stereocenters. The zero-order valence-electron chi connectivity index (χ0n) is 17.6. The van der Waals surface area contributed by atoms with Crippen molar-refractivity contribution in [1.29, 1.82) is 0 Å². The molecule has 2 aliphatic rings. The fraction of sp³-hybridized carbons (Fsp3) is 0.636. The third-order valence-corrected chi connectivity index (χ3v) is 6.25. The summed E-state index contributed by atoms with van der Waals surface area (Å²) in [6.07, 6.45) is 4.35. The number of likely N-dealkylation sites (tertiary alicyclic amines) is 1. The molecule has 2 aliphatic heterocycles. The maximum Gasteiger partial charge on any atom is 0.275 e. The van der Waals surface area contributed by atoms with Crippen LogP contribution in [0.4, 0.5) is 0 Å². The highest BCUT2D eigenvalue weighted by atomic mass is 16.5. The van der Waals surface area contributed by atoms with Gasteiger partial charge in [0.2, 0.25) is 0 Å². The Labute approximate surface area is 172 Å². The van der Waals surface area contributed by atoms with Crippen LogP contribution < -0.4 is 4.74 Å². The molecule has 0 bridgehead atoms. The van der Waals surface area contributed by atoms with Gasteiger partial charge >= 0.3 is 0 Å². The van der Waals surface area contributed by atoms with Crippen LogP contribution >= 0.6 is 0 Å². The number of fused-ring (bicyclic) bond motifs is 1. The van der Waals surface area contributed by atoms with Gasteiger partial charge in [-0.3, -0.25) is 14.4 Å². The van der Waals surface area contributed by atoms with Gasteiger partial charge in [0.25, 0.3) is 5.91 Å². The molecule has 7 nitrogen and oxygen atoms in total. The third-order valence-electron chi connectivity index (χ3n) is 6.25. The topological polar surface area (TPSA) is 59.8 Å². The fourth-order valence-electron chi connectivity index (χ4n) is 4.58. The Morgan fingerprint density at radius 2 is 2.03 bits per heavy atom. The van der Waals surface area contributed by atoms with E-state index in [9.17, 15) is 4.79 Å². The number of carbonyl (C=O) groups excluding carboxylic acids is 1. The predicted octanol–water partition coefficient (Wildman–Crippen LogP) is 2.78. The molecular formula is C22H32N4O3. The first-order valence-electron chi connectivity index (χ1n) is 10.9. The van der Waals surface area contributed by atoms with Gasteiger partial charge in [-0.25, -0.2) is 0 Å². The lowest BCUT2D eigenvalue weighted by Crippen LogP contribution is -2.43. The summed E-state index contributed by atoms with van der Waals surface area (Å²) in [5.74, 6) is 0.821. The van der Waals surface area contributed by atoms with Crippen molar-refractivity contribution in [2.75, 3.05) is 46.5 Å². The molecule has 7 heteroatoms. The van der Waals surface area contributed by atoms with Crippen LogP contribution in [0.3, 0.4) is 0 Å². The van der Waals surface area contributed by atoms with Crippen LogP contribution in [0.2, 0.25) is 0 Å². The molecule has 158 valence electrons. The van der Waals surface area contributed by atoms with E-state index in [1.165, 1.54) is 6.42 Å². The fourth-order valence-corrected chi connectivity index (χ4v) is 4.58. The number of carbonyl (C=O) groups is 1. The summed E-state index contributed by atoms with van der Waals surface area (Å²) in [6, 6.07) is 6.20. The van der Waals surface area contributed by atoms with E-state index in [0.29, 0.717) is 11.7 Å². The van der Waals surface area contributed by atoms with Crippen molar-refractivity contribution in [1.82, 2.24) is 19.6 Å². The van der Waals surface area contributed by atoms with Crippen molar-refractivity contribution < 1.29 is 14.3 Å². The van der Waals surface area contributed by atoms with Crippen LogP contribution in [0.1, 0.15) is 43.1 Å². The van der Waals surface area contributed by atoms with E-state index >= 15 is 0 Å². The molecular weight excluding hydrogens is 368 g/mol. The molecule has 29 heavy (non-hydrogen) atoms. The van der Waals surface area contributed by atoms with Crippen LogP contribution in [0.15, 0.2) is 18.2 Å². The van der Waals surface area contributed by atoms with E-state index in [1.807, 2.05) is 27.8 Å². The lowest BCUT2D eigenvalue weighted by Gasteiger charge is -2.34. The molecule has 0 radical (unpaired) electrons. The number of piperidine rings is 1. The highest BCUT2D eigenvalue weighted by molar-refractivity contribution is 6.06. The molecule has 0 N–H and O–H groups in total. The number of methoxy groups -OCH3 is 1. The van der Waals surface area contributed by atoms with Gasteiger partial charge < -0.3 is 14.4 Å². The maximum absolute atomic E-state index is 13.5. The molecule has 0 aliphatic carbocycles. The van der Waals surface area contributed by atoms with Crippen LogP contribution in [0.25, 0.3) is 10.9 Å². The van der Waals surface area contributed by atoms with Crippen molar-refractivity contribution in [3.8, 4) is 5.75 Å². The second-order valence-electron chi connectivity index (χ2n) is 7.94. The van der Waals surface area contributed by atoms with E-state index < -0.39 is 0 Å². The number of benzene rings is 1. The van der Waals surface area contributed by atoms with Gasteiger partial charge in [0, 0.05) is 37.6 Å². The smallest absolute Gasteiger partial charge is 0.275 e. The summed E-state index contributed by atoms with van der Waals surface area (Å²) in [5, 5.41) is 5.70. The number of nitrogens with zero attached hydrogens (tertiary/aromatic N) is 4. The van der Waals surface area contributed by atoms with Gasteiger partial charge in [0.05, 0.1) is 26.9 Å². The number of hydrogen-bond acceptors (Lipinski definition) is 5. The first-order chi connectivity index (χ1) is 14.2. The molecule has 4 rings (SSSR count). The number of morpholine rings is 1. The number of hydrogen-bond donors (Lipinski definition) is 0. The third kappa shape index (κ3) is 4.12. The van der Waals surface area contributed by atoms with Crippen LogP contribution in [0, 0.1) is 0 Å². The first-order valence-corrected chi connectivity index (χ1v) is 10.9. The number of para-hydroxylation sites is 1. The van der Waals surface area contributed by atoms with Crippen LogP contribution in [-0.4, -0.2) is 78.0 Å². The molecule has 1 amide bonds. The summed E-state index contributed by atoms with van der Waals surface area (Å²) in [6.45, 7) is 8.03. The Morgan fingerprint density at radius 3 is 2.79 bits per heavy atom. The average Bonchev–Trinajstić information content (AvgIpc) is 3.16. The van der Waals surface area contributed by atoms with E-state index in [2.05, 4.69) is 11.8 Å². The van der Waals surface area contributed by atoms with Gasteiger partial charge in [-0.2, -0.15) is 5.10 Å². The molecule has 2 aromatic rings. The van der Waals surface area contributed by atoms with Crippen molar-refractivity contribution in [2.45, 2.75) is 45.2 Å². The molecule has 2 saturated heterocycles. The predicted molar refractivity (Wildman–Crippen MR) is 113 cm³/mol. The highest BCUT2D eigenvalue weighted by Crippen LogP contribution is 2.30. The van der Waals surface area contributed by atoms with Crippen LogP contribution in [0.5, 0.6) is 5.75 Å². The minimum atomic E-state index is 0.0555. The summed E-state index contributed by atoms with van der Waals surface area (Å²) in [5.41, 5.74) is 1.47. The number of ether oxygens (including phenoxy) is 2. The van der Waals surface area contributed by atoms with Gasteiger partial charge in [0.15, 0.2) is 5.69 Å².